The second-order valence-corrected chi connectivity index (χ2v) is 14.5. The Morgan fingerprint density at radius 3 is 1.44 bits per heavy atom. The van der Waals surface area contributed by atoms with Gasteiger partial charge in [-0.15, -0.1) is 6.42 Å². The molecule has 1 heterocycles. The van der Waals surface area contributed by atoms with Crippen LogP contribution in [0.25, 0.3) is 10.9 Å². The maximum atomic E-state index is 13.1. The van der Waals surface area contributed by atoms with Crippen molar-refractivity contribution in [2.45, 2.75) is 117 Å². The van der Waals surface area contributed by atoms with Gasteiger partial charge >= 0.3 is 11.9 Å². The van der Waals surface area contributed by atoms with Gasteiger partial charge in [0.2, 0.25) is 0 Å². The van der Waals surface area contributed by atoms with E-state index in [9.17, 15) is 9.59 Å². The maximum absolute atomic E-state index is 13.1. The molecule has 0 bridgehead atoms. The molecule has 0 saturated carbocycles. The number of terminal acetylenes is 1. The van der Waals surface area contributed by atoms with Crippen molar-refractivity contribution < 1.29 is 19.1 Å². The molecule has 0 aliphatic rings. The quantitative estimate of drug-likeness (QED) is 0.0235. The van der Waals surface area contributed by atoms with Crippen molar-refractivity contribution in [3.63, 3.8) is 0 Å². The van der Waals surface area contributed by atoms with Gasteiger partial charge in [0.15, 0.2) is 11.5 Å². The first kappa shape index (κ1) is 50.8. The van der Waals surface area contributed by atoms with Crippen LogP contribution in [0.3, 0.4) is 0 Å². The number of hydrogen-bond acceptors (Lipinski definition) is 7. The van der Waals surface area contributed by atoms with Crippen molar-refractivity contribution in [2.75, 3.05) is 5.32 Å². The lowest BCUT2D eigenvalue weighted by Gasteiger charge is -2.14. The van der Waals surface area contributed by atoms with Crippen LogP contribution in [-0.4, -0.2) is 21.9 Å². The molecule has 1 aromatic heterocycles. The molecule has 0 aliphatic heterocycles. The Morgan fingerprint density at radius 2 is 1.00 bits per heavy atom. The smallest absolute Gasteiger partial charge is 0.311 e. The number of ether oxygens (including phenoxy) is 2. The number of carbonyl (C=O) groups excluding carboxylic acids is 2. The van der Waals surface area contributed by atoms with Crippen molar-refractivity contribution in [1.82, 2.24) is 9.97 Å². The van der Waals surface area contributed by atoms with E-state index in [1.54, 1.807) is 12.1 Å². The first-order valence-corrected chi connectivity index (χ1v) is 22.6. The van der Waals surface area contributed by atoms with Crippen LogP contribution in [0.15, 0.2) is 164 Å². The molecule has 0 aliphatic carbocycles. The summed E-state index contributed by atoms with van der Waals surface area (Å²) >= 11 is 0. The first-order chi connectivity index (χ1) is 31.0. The molecule has 2 aromatic carbocycles. The Bertz CT molecular complexity index is 2160. The number of nitrogens with zero attached hydrogens (tertiary/aromatic N) is 2. The van der Waals surface area contributed by atoms with Crippen molar-refractivity contribution >= 4 is 34.3 Å². The Kier molecular flexibility index (Phi) is 27.5. The van der Waals surface area contributed by atoms with Crippen LogP contribution in [0.1, 0.15) is 122 Å². The average Bonchev–Trinajstić information content (AvgIpc) is 3.29. The molecule has 330 valence electrons. The zero-order chi connectivity index (χ0) is 44.8. The van der Waals surface area contributed by atoms with E-state index in [1.165, 1.54) is 6.33 Å². The summed E-state index contributed by atoms with van der Waals surface area (Å²) in [5.41, 5.74) is 1.97. The van der Waals surface area contributed by atoms with Crippen molar-refractivity contribution in [3.05, 3.63) is 170 Å². The maximum Gasteiger partial charge on any atom is 0.311 e. The molecule has 7 heteroatoms. The molecular formula is C56H67N3O4. The predicted molar refractivity (Wildman–Crippen MR) is 265 cm³/mol. The summed E-state index contributed by atoms with van der Waals surface area (Å²) in [5, 5.41) is 3.88. The zero-order valence-corrected chi connectivity index (χ0v) is 37.5. The molecule has 0 radical (unpaired) electrons. The van der Waals surface area contributed by atoms with E-state index in [0.29, 0.717) is 35.1 Å². The van der Waals surface area contributed by atoms with Crippen LogP contribution in [0.5, 0.6) is 11.5 Å². The molecule has 3 rings (SSSR count). The highest BCUT2D eigenvalue weighted by Gasteiger charge is 2.18. The normalized spacial score (nSPS) is 12.5. The van der Waals surface area contributed by atoms with Gasteiger partial charge in [-0.25, -0.2) is 9.97 Å². The third-order valence-electron chi connectivity index (χ3n) is 9.26. The number of aromatic nitrogens is 2. The molecule has 3 aromatic rings. The number of anilines is 2. The summed E-state index contributed by atoms with van der Waals surface area (Å²) in [5.74, 6) is 2.54. The Labute approximate surface area is 377 Å². The van der Waals surface area contributed by atoms with Crippen LogP contribution in [0, 0.1) is 12.3 Å². The summed E-state index contributed by atoms with van der Waals surface area (Å²) in [6, 6.07) is 10.7. The van der Waals surface area contributed by atoms with E-state index in [2.05, 4.69) is 157 Å². The largest absolute Gasteiger partial charge is 0.422 e. The fourth-order valence-corrected chi connectivity index (χ4v) is 5.96. The lowest BCUT2D eigenvalue weighted by Crippen LogP contribution is -2.12. The van der Waals surface area contributed by atoms with Crippen molar-refractivity contribution in [3.8, 4) is 23.8 Å². The Morgan fingerprint density at radius 1 is 0.571 bits per heavy atom. The highest BCUT2D eigenvalue weighted by atomic mass is 16.6. The van der Waals surface area contributed by atoms with Crippen LogP contribution < -0.4 is 14.8 Å². The van der Waals surface area contributed by atoms with Crippen LogP contribution in [-0.2, 0) is 9.59 Å². The molecule has 7 nitrogen and oxygen atoms in total. The number of nitrogens with one attached hydrogen (secondary N) is 1. The van der Waals surface area contributed by atoms with E-state index in [0.717, 1.165) is 82.7 Å². The van der Waals surface area contributed by atoms with Crippen LogP contribution in [0.2, 0.25) is 0 Å². The van der Waals surface area contributed by atoms with Gasteiger partial charge in [-0.1, -0.05) is 147 Å². The summed E-state index contributed by atoms with van der Waals surface area (Å²) in [7, 11) is 0. The highest BCUT2D eigenvalue weighted by molar-refractivity contribution is 5.94. The standard InChI is InChI=1S/C56H67N3O4/c1-4-7-9-11-13-15-17-19-21-23-25-27-29-31-33-35-37-42-54(60)62-52-45-50-51(57-47-58-56(50)59-49-41-39-40-48(6-3)44-49)46-53(52)63-55(61)43-38-36-34-32-30-28-26-24-22-20-18-16-14-12-10-8-5-2/h3,7-10,13-16,19-22,25-28,31-34,39-41,44-47H,4-5,11-12,17-18,23-24,29-30,35-38,42-43H2,1-2H3,(H,57,58,59)/b9-7-,10-8-,15-13-,16-14-,21-19-,22-20-,27-25-,28-26-,33-31-,34-32-. The molecule has 0 amide bonds. The van der Waals surface area contributed by atoms with E-state index in [-0.39, 0.29) is 24.3 Å². The summed E-state index contributed by atoms with van der Waals surface area (Å²) < 4.78 is 11.7. The number of allylic oxidation sites excluding steroid dienone is 20. The number of unbranched alkanes of at least 4 members (excludes halogenated alkanes) is 2. The van der Waals surface area contributed by atoms with Crippen molar-refractivity contribution in [1.29, 1.82) is 0 Å². The van der Waals surface area contributed by atoms with E-state index in [1.807, 2.05) is 24.3 Å². The van der Waals surface area contributed by atoms with Gasteiger partial charge in [-0.3, -0.25) is 9.59 Å². The predicted octanol–water partition coefficient (Wildman–Crippen LogP) is 15.0. The summed E-state index contributed by atoms with van der Waals surface area (Å²) in [6.45, 7) is 4.28. The van der Waals surface area contributed by atoms with Crippen LogP contribution in [0.4, 0.5) is 11.5 Å². The third-order valence-corrected chi connectivity index (χ3v) is 9.26. The fourth-order valence-electron chi connectivity index (χ4n) is 5.96. The fraction of sp³-hybridized carbons (Fsp3) is 0.321. The number of carbonyl (C=O) groups is 2. The minimum absolute atomic E-state index is 0.129. The van der Waals surface area contributed by atoms with Crippen LogP contribution >= 0.6 is 0 Å². The summed E-state index contributed by atoms with van der Waals surface area (Å²) in [6.07, 6.45) is 62.9. The molecule has 0 saturated heterocycles. The molecular weight excluding hydrogens is 779 g/mol. The molecule has 0 unspecified atom stereocenters. The minimum Gasteiger partial charge on any atom is -0.422 e. The number of esters is 2. The Balaban J connectivity index is 1.51. The monoisotopic (exact) mass is 846 g/mol. The minimum atomic E-state index is -0.425. The number of benzene rings is 2. The zero-order valence-electron chi connectivity index (χ0n) is 37.5. The van der Waals surface area contributed by atoms with E-state index in [4.69, 9.17) is 15.9 Å². The molecule has 63 heavy (non-hydrogen) atoms. The number of rotatable bonds is 30. The van der Waals surface area contributed by atoms with Gasteiger partial charge in [-0.05, 0) is 114 Å². The average molecular weight is 846 g/mol. The highest BCUT2D eigenvalue weighted by Crippen LogP contribution is 2.36. The van der Waals surface area contributed by atoms with Gasteiger partial charge < -0.3 is 14.8 Å². The summed E-state index contributed by atoms with van der Waals surface area (Å²) in [4.78, 5) is 35.1. The van der Waals surface area contributed by atoms with Gasteiger partial charge in [0.05, 0.1) is 5.52 Å². The lowest BCUT2D eigenvalue weighted by atomic mass is 10.1. The molecule has 0 fully saturated rings. The van der Waals surface area contributed by atoms with Gasteiger partial charge in [0.1, 0.15) is 12.1 Å². The lowest BCUT2D eigenvalue weighted by molar-refractivity contribution is -0.137. The molecule has 0 atom stereocenters. The van der Waals surface area contributed by atoms with E-state index >= 15 is 0 Å². The molecule has 0 spiro atoms. The molecule has 1 N–H and O–H groups in total. The SMILES string of the molecule is C#Cc1cccc(Nc2ncnc3cc(OC(=O)CCC/C=C\C/C=C\C/C=C\C/C=C\C/C=C\CC)c(OC(=O)CCC/C=C\C/C=C\C/C=C\C/C=C\C/C=C\CC)cc23)c1. The first-order valence-electron chi connectivity index (χ1n) is 22.6. The van der Waals surface area contributed by atoms with Gasteiger partial charge in [0, 0.05) is 35.5 Å². The topological polar surface area (TPSA) is 90.4 Å². The Hall–Kier alpha value is -6.52. The van der Waals surface area contributed by atoms with Crippen molar-refractivity contribution in [2.24, 2.45) is 0 Å². The second-order valence-electron chi connectivity index (χ2n) is 14.5. The van der Waals surface area contributed by atoms with E-state index < -0.39 is 11.9 Å². The number of fused-ring (bicyclic) bond motifs is 1. The van der Waals surface area contributed by atoms with Gasteiger partial charge in [0.25, 0.3) is 0 Å². The number of hydrogen-bond donors (Lipinski definition) is 1. The third kappa shape index (κ3) is 23.9. The van der Waals surface area contributed by atoms with Gasteiger partial charge in [-0.2, -0.15) is 0 Å². The second kappa shape index (κ2) is 34.1.